The number of Topliss-reactive ketones (excluding diaryl/α,β-unsaturated/α-hetero) is 1. The number of carbonyl (C=O) groups is 3. The zero-order valence-corrected chi connectivity index (χ0v) is 19.5. The molecule has 178 valence electrons. The maximum atomic E-state index is 13.6. The second-order valence-electron chi connectivity index (χ2n) is 9.52. The highest BCUT2D eigenvalue weighted by molar-refractivity contribution is 5.90. The number of nitrogens with zero attached hydrogens (tertiary/aromatic N) is 1. The number of ketones is 1. The molecule has 0 bridgehead atoms. The third-order valence-corrected chi connectivity index (χ3v) is 6.99. The molecule has 1 saturated heterocycles. The van der Waals surface area contributed by atoms with E-state index in [0.29, 0.717) is 38.6 Å². The Balaban J connectivity index is 1.65. The molecule has 7 heteroatoms. The molecule has 2 aliphatic rings. The molecule has 0 radical (unpaired) electrons. The highest BCUT2D eigenvalue weighted by atomic mass is 16.3. The van der Waals surface area contributed by atoms with Gasteiger partial charge in [-0.15, -0.1) is 0 Å². The number of fused-ring (bicyclic) bond motifs is 4. The van der Waals surface area contributed by atoms with Crippen LogP contribution in [0.3, 0.4) is 0 Å². The van der Waals surface area contributed by atoms with E-state index in [1.807, 2.05) is 23.1 Å². The van der Waals surface area contributed by atoms with Crippen LogP contribution >= 0.6 is 0 Å². The molecular formula is C26H35N3O4. The van der Waals surface area contributed by atoms with E-state index in [2.05, 4.69) is 11.4 Å². The van der Waals surface area contributed by atoms with Crippen LogP contribution in [0.2, 0.25) is 0 Å². The summed E-state index contributed by atoms with van der Waals surface area (Å²) < 4.78 is 6.17. The number of hydrogen-bond acceptors (Lipinski definition) is 5. The summed E-state index contributed by atoms with van der Waals surface area (Å²) in [6, 6.07) is 6.77. The van der Waals surface area contributed by atoms with Crippen molar-refractivity contribution in [1.29, 1.82) is 0 Å². The van der Waals surface area contributed by atoms with Gasteiger partial charge in [-0.25, -0.2) is 0 Å². The minimum Gasteiger partial charge on any atom is -0.461 e. The predicted molar refractivity (Wildman–Crippen MR) is 127 cm³/mol. The predicted octanol–water partition coefficient (Wildman–Crippen LogP) is 3.26. The van der Waals surface area contributed by atoms with Gasteiger partial charge in [0.15, 0.2) is 0 Å². The molecule has 3 atom stereocenters. The standard InChI is InChI=1S/C26H35N3O4/c1-17(27)25(31)28-22-11-4-2-3-9-19(30)13-14-24-21(20-10-5-6-12-23(20)33-24)16-18-8-7-15-29(18)26(22)32/h5-6,10,12,17-18,22H,2-4,7-9,11,13-16,27H2,1H3,(H,28,31)/t17-,18-,22-/m0/s1. The van der Waals surface area contributed by atoms with Crippen LogP contribution in [0.4, 0.5) is 0 Å². The van der Waals surface area contributed by atoms with Crippen LogP contribution in [0.15, 0.2) is 28.7 Å². The topological polar surface area (TPSA) is 106 Å². The first kappa shape index (κ1) is 23.5. The molecule has 0 saturated carbocycles. The number of benzene rings is 1. The fraction of sp³-hybridized carbons (Fsp3) is 0.577. The first-order chi connectivity index (χ1) is 15.9. The Morgan fingerprint density at radius 2 is 1.91 bits per heavy atom. The van der Waals surface area contributed by atoms with Gasteiger partial charge in [0.05, 0.1) is 6.04 Å². The Morgan fingerprint density at radius 1 is 1.09 bits per heavy atom. The lowest BCUT2D eigenvalue weighted by molar-refractivity contribution is -0.137. The van der Waals surface area contributed by atoms with Crippen LogP contribution in [0.1, 0.15) is 69.6 Å². The number of amides is 2. The van der Waals surface area contributed by atoms with Gasteiger partial charge < -0.3 is 20.4 Å². The zero-order chi connectivity index (χ0) is 23.4. The van der Waals surface area contributed by atoms with Crippen molar-refractivity contribution in [3.8, 4) is 0 Å². The molecule has 7 nitrogen and oxygen atoms in total. The highest BCUT2D eigenvalue weighted by Gasteiger charge is 2.35. The van der Waals surface area contributed by atoms with Crippen molar-refractivity contribution in [2.75, 3.05) is 6.54 Å². The van der Waals surface area contributed by atoms with Gasteiger partial charge in [-0.3, -0.25) is 14.4 Å². The summed E-state index contributed by atoms with van der Waals surface area (Å²) in [6.45, 7) is 2.32. The lowest BCUT2D eigenvalue weighted by Gasteiger charge is -2.30. The molecule has 0 spiro atoms. The van der Waals surface area contributed by atoms with Crippen LogP contribution in [-0.4, -0.2) is 47.2 Å². The van der Waals surface area contributed by atoms with E-state index in [-0.39, 0.29) is 23.6 Å². The summed E-state index contributed by atoms with van der Waals surface area (Å²) in [6.07, 6.45) is 7.15. The maximum Gasteiger partial charge on any atom is 0.245 e. The van der Waals surface area contributed by atoms with Crippen molar-refractivity contribution in [2.45, 2.75) is 89.3 Å². The van der Waals surface area contributed by atoms with Crippen LogP contribution < -0.4 is 11.1 Å². The smallest absolute Gasteiger partial charge is 0.245 e. The molecule has 1 aromatic carbocycles. The largest absolute Gasteiger partial charge is 0.461 e. The minimum absolute atomic E-state index is 0.0215. The number of rotatable bonds is 2. The molecule has 1 aromatic heterocycles. The molecule has 0 unspecified atom stereocenters. The molecule has 2 aliphatic heterocycles. The number of nitrogens with one attached hydrogen (secondary N) is 1. The number of furan rings is 1. The van der Waals surface area contributed by atoms with Gasteiger partial charge in [0.2, 0.25) is 11.8 Å². The number of nitrogens with two attached hydrogens (primary N) is 1. The summed E-state index contributed by atoms with van der Waals surface area (Å²) in [5.74, 6) is 0.782. The molecule has 3 N–H and O–H groups in total. The van der Waals surface area contributed by atoms with Gasteiger partial charge in [-0.05, 0) is 45.1 Å². The molecule has 1 fully saturated rings. The van der Waals surface area contributed by atoms with Crippen LogP contribution in [-0.2, 0) is 27.2 Å². The number of para-hydroxylation sites is 1. The summed E-state index contributed by atoms with van der Waals surface area (Å²) in [7, 11) is 0. The van der Waals surface area contributed by atoms with E-state index < -0.39 is 12.1 Å². The molecule has 2 aromatic rings. The van der Waals surface area contributed by atoms with Crippen molar-refractivity contribution >= 4 is 28.6 Å². The third-order valence-electron chi connectivity index (χ3n) is 6.99. The van der Waals surface area contributed by atoms with E-state index in [9.17, 15) is 14.4 Å². The van der Waals surface area contributed by atoms with Gasteiger partial charge in [-0.2, -0.15) is 0 Å². The Bertz CT molecular complexity index is 1010. The molecule has 0 aliphatic carbocycles. The Morgan fingerprint density at radius 3 is 2.73 bits per heavy atom. The van der Waals surface area contributed by atoms with Gasteiger partial charge in [0, 0.05) is 42.8 Å². The summed E-state index contributed by atoms with van der Waals surface area (Å²) in [5.41, 5.74) is 7.69. The number of hydrogen-bond donors (Lipinski definition) is 2. The average Bonchev–Trinajstić information content (AvgIpc) is 3.40. The highest BCUT2D eigenvalue weighted by Crippen LogP contribution is 2.32. The number of carbonyl (C=O) groups excluding carboxylic acids is 3. The Hall–Kier alpha value is -2.67. The molecular weight excluding hydrogens is 418 g/mol. The van der Waals surface area contributed by atoms with E-state index in [4.69, 9.17) is 10.2 Å². The fourth-order valence-electron chi connectivity index (χ4n) is 5.13. The summed E-state index contributed by atoms with van der Waals surface area (Å²) in [5, 5.41) is 3.95. The molecule has 3 heterocycles. The van der Waals surface area contributed by atoms with E-state index in [1.54, 1.807) is 6.92 Å². The second-order valence-corrected chi connectivity index (χ2v) is 9.52. The first-order valence-electron chi connectivity index (χ1n) is 12.3. The van der Waals surface area contributed by atoms with Crippen molar-refractivity contribution in [3.63, 3.8) is 0 Å². The molecule has 4 rings (SSSR count). The van der Waals surface area contributed by atoms with Gasteiger partial charge in [0.1, 0.15) is 23.2 Å². The van der Waals surface area contributed by atoms with Crippen molar-refractivity contribution < 1.29 is 18.8 Å². The zero-order valence-electron chi connectivity index (χ0n) is 19.5. The first-order valence-corrected chi connectivity index (χ1v) is 12.3. The van der Waals surface area contributed by atoms with Crippen LogP contribution in [0.25, 0.3) is 11.0 Å². The quantitative estimate of drug-likeness (QED) is 0.726. The van der Waals surface area contributed by atoms with E-state index >= 15 is 0 Å². The molecule has 33 heavy (non-hydrogen) atoms. The summed E-state index contributed by atoms with van der Waals surface area (Å²) >= 11 is 0. The number of aryl methyl sites for hydroxylation is 1. The van der Waals surface area contributed by atoms with Gasteiger partial charge in [0.25, 0.3) is 0 Å². The molecule has 2 amide bonds. The SMILES string of the molecule is C[C@H](N)C(=O)N[C@H]1CCCCCC(=O)CCc2oc3ccccc3c2C[C@@H]2CCCN2C1=O. The maximum absolute atomic E-state index is 13.6. The Labute approximate surface area is 195 Å². The van der Waals surface area contributed by atoms with Crippen LogP contribution in [0, 0.1) is 0 Å². The third kappa shape index (κ3) is 5.46. The van der Waals surface area contributed by atoms with Crippen LogP contribution in [0.5, 0.6) is 0 Å². The summed E-state index contributed by atoms with van der Waals surface area (Å²) in [4.78, 5) is 40.3. The fourth-order valence-corrected chi connectivity index (χ4v) is 5.13. The van der Waals surface area contributed by atoms with Crippen molar-refractivity contribution in [2.24, 2.45) is 5.73 Å². The lowest BCUT2D eigenvalue weighted by Crippen LogP contribution is -2.53. The average molecular weight is 454 g/mol. The van der Waals surface area contributed by atoms with E-state index in [1.165, 1.54) is 0 Å². The lowest BCUT2D eigenvalue weighted by atomic mass is 9.98. The van der Waals surface area contributed by atoms with Gasteiger partial charge >= 0.3 is 0 Å². The van der Waals surface area contributed by atoms with Gasteiger partial charge in [-0.1, -0.05) is 31.0 Å². The minimum atomic E-state index is -0.666. The van der Waals surface area contributed by atoms with E-state index in [0.717, 1.165) is 54.4 Å². The van der Waals surface area contributed by atoms with Crippen molar-refractivity contribution in [3.05, 3.63) is 35.6 Å². The monoisotopic (exact) mass is 453 g/mol. The second kappa shape index (κ2) is 10.5. The Kier molecular flexibility index (Phi) is 7.48. The van der Waals surface area contributed by atoms with Crippen molar-refractivity contribution in [1.82, 2.24) is 10.2 Å². The normalized spacial score (nSPS) is 24.0.